The third kappa shape index (κ3) is 2.05. The van der Waals surface area contributed by atoms with Gasteiger partial charge in [-0.1, -0.05) is 0 Å². The maximum Gasteiger partial charge on any atom is 0.199 e. The van der Waals surface area contributed by atoms with Gasteiger partial charge >= 0.3 is 0 Å². The van der Waals surface area contributed by atoms with E-state index in [1.165, 1.54) is 6.92 Å². The summed E-state index contributed by atoms with van der Waals surface area (Å²) in [4.78, 5) is 22.2. The van der Waals surface area contributed by atoms with E-state index in [4.69, 9.17) is 5.11 Å². The zero-order chi connectivity index (χ0) is 13.2. The van der Waals surface area contributed by atoms with Crippen LogP contribution in [-0.4, -0.2) is 32.5 Å². The standard InChI is InChI=1S/C11H10O6/c1-5(3-12)10(16)9-8(15)2-7(14)6(4-13)11(9)17/h2-4,12,14-15,17H,1H3/b5-3+. The molecule has 6 heteroatoms. The summed E-state index contributed by atoms with van der Waals surface area (Å²) in [7, 11) is 0. The second-order valence-electron chi connectivity index (χ2n) is 3.31. The number of allylic oxidation sites excluding steroid dienone is 1. The van der Waals surface area contributed by atoms with Crippen LogP contribution in [0.4, 0.5) is 0 Å². The Kier molecular flexibility index (Phi) is 3.37. The van der Waals surface area contributed by atoms with Gasteiger partial charge in [0.25, 0.3) is 0 Å². The number of Topliss-reactive ketones (excluding diaryl/α,β-unsaturated/α-hetero) is 1. The van der Waals surface area contributed by atoms with Crippen molar-refractivity contribution in [2.75, 3.05) is 0 Å². The van der Waals surface area contributed by atoms with Gasteiger partial charge in [0.2, 0.25) is 0 Å². The van der Waals surface area contributed by atoms with Crippen LogP contribution in [-0.2, 0) is 0 Å². The number of hydrogen-bond acceptors (Lipinski definition) is 6. The number of carbonyl (C=O) groups excluding carboxylic acids is 2. The first kappa shape index (κ1) is 12.6. The molecule has 6 nitrogen and oxygen atoms in total. The van der Waals surface area contributed by atoms with E-state index in [-0.39, 0.29) is 11.9 Å². The third-order valence-corrected chi connectivity index (χ3v) is 2.19. The molecule has 0 heterocycles. The number of carbonyl (C=O) groups is 2. The van der Waals surface area contributed by atoms with Crippen molar-refractivity contribution in [1.82, 2.24) is 0 Å². The van der Waals surface area contributed by atoms with E-state index in [1.807, 2.05) is 0 Å². The summed E-state index contributed by atoms with van der Waals surface area (Å²) in [5, 5.41) is 36.9. The zero-order valence-corrected chi connectivity index (χ0v) is 8.84. The van der Waals surface area contributed by atoms with Crippen LogP contribution in [0.5, 0.6) is 17.2 Å². The van der Waals surface area contributed by atoms with E-state index in [9.17, 15) is 24.9 Å². The number of aliphatic hydroxyl groups is 1. The lowest BCUT2D eigenvalue weighted by Gasteiger charge is -2.09. The van der Waals surface area contributed by atoms with Gasteiger partial charge in [-0.05, 0) is 6.92 Å². The van der Waals surface area contributed by atoms with Crippen molar-refractivity contribution in [3.63, 3.8) is 0 Å². The molecule has 0 atom stereocenters. The Morgan fingerprint density at radius 2 is 1.82 bits per heavy atom. The van der Waals surface area contributed by atoms with Gasteiger partial charge in [-0.3, -0.25) is 9.59 Å². The van der Waals surface area contributed by atoms with Crippen LogP contribution in [0.2, 0.25) is 0 Å². The summed E-state index contributed by atoms with van der Waals surface area (Å²) in [5.41, 5.74) is -1.19. The molecule has 0 aromatic heterocycles. The normalized spacial score (nSPS) is 11.2. The van der Waals surface area contributed by atoms with Crippen molar-refractivity contribution in [1.29, 1.82) is 0 Å². The highest BCUT2D eigenvalue weighted by Gasteiger charge is 2.23. The molecule has 0 fully saturated rings. The van der Waals surface area contributed by atoms with Crippen molar-refractivity contribution in [2.45, 2.75) is 6.92 Å². The molecule has 0 saturated carbocycles. The van der Waals surface area contributed by atoms with Gasteiger partial charge in [0.15, 0.2) is 12.1 Å². The summed E-state index contributed by atoms with van der Waals surface area (Å²) in [6, 6.07) is 0.765. The average molecular weight is 238 g/mol. The Morgan fingerprint density at radius 3 is 2.29 bits per heavy atom. The summed E-state index contributed by atoms with van der Waals surface area (Å²) in [5.74, 6) is -3.01. The van der Waals surface area contributed by atoms with Crippen LogP contribution >= 0.6 is 0 Å². The molecule has 90 valence electrons. The number of phenols is 3. The van der Waals surface area contributed by atoms with E-state index in [2.05, 4.69) is 0 Å². The number of benzene rings is 1. The number of hydrogen-bond donors (Lipinski definition) is 4. The highest BCUT2D eigenvalue weighted by Crippen LogP contribution is 2.37. The number of ketones is 1. The van der Waals surface area contributed by atoms with E-state index in [0.29, 0.717) is 6.26 Å². The summed E-state index contributed by atoms with van der Waals surface area (Å²) >= 11 is 0. The molecule has 1 aromatic rings. The van der Waals surface area contributed by atoms with Gasteiger partial charge in [0.05, 0.1) is 11.8 Å². The fraction of sp³-hybridized carbons (Fsp3) is 0.0909. The van der Waals surface area contributed by atoms with E-state index in [0.717, 1.165) is 6.07 Å². The smallest absolute Gasteiger partial charge is 0.199 e. The Morgan fingerprint density at radius 1 is 1.24 bits per heavy atom. The molecule has 0 radical (unpaired) electrons. The van der Waals surface area contributed by atoms with Crippen LogP contribution in [0.25, 0.3) is 0 Å². The molecular formula is C11H10O6. The minimum Gasteiger partial charge on any atom is -0.515 e. The zero-order valence-electron chi connectivity index (χ0n) is 8.84. The first-order valence-electron chi connectivity index (χ1n) is 4.52. The van der Waals surface area contributed by atoms with Gasteiger partial charge < -0.3 is 20.4 Å². The Bertz CT molecular complexity index is 515. The minimum atomic E-state index is -0.856. The van der Waals surface area contributed by atoms with E-state index >= 15 is 0 Å². The average Bonchev–Trinajstić information content (AvgIpc) is 2.27. The van der Waals surface area contributed by atoms with Gasteiger partial charge in [0, 0.05) is 11.6 Å². The second kappa shape index (κ2) is 4.56. The SMILES string of the molecule is C/C(=C\O)C(=O)c1c(O)cc(O)c(C=O)c1O. The van der Waals surface area contributed by atoms with Crippen LogP contribution in [0.3, 0.4) is 0 Å². The number of rotatable bonds is 3. The maximum absolute atomic E-state index is 11.7. The summed E-state index contributed by atoms with van der Waals surface area (Å²) < 4.78 is 0. The van der Waals surface area contributed by atoms with E-state index in [1.54, 1.807) is 0 Å². The molecule has 0 spiro atoms. The van der Waals surface area contributed by atoms with Crippen LogP contribution < -0.4 is 0 Å². The van der Waals surface area contributed by atoms with Crippen molar-refractivity contribution < 1.29 is 30.0 Å². The van der Waals surface area contributed by atoms with Crippen molar-refractivity contribution in [3.8, 4) is 17.2 Å². The number of aldehydes is 1. The van der Waals surface area contributed by atoms with Crippen molar-refractivity contribution >= 4 is 12.1 Å². The van der Waals surface area contributed by atoms with Gasteiger partial charge in [-0.15, -0.1) is 0 Å². The molecule has 0 aliphatic heterocycles. The number of aromatic hydroxyl groups is 3. The highest BCUT2D eigenvalue weighted by atomic mass is 16.3. The Balaban J connectivity index is 3.55. The van der Waals surface area contributed by atoms with Crippen molar-refractivity contribution in [2.24, 2.45) is 0 Å². The lowest BCUT2D eigenvalue weighted by atomic mass is 10.00. The summed E-state index contributed by atoms with van der Waals surface area (Å²) in [6.45, 7) is 1.26. The van der Waals surface area contributed by atoms with E-state index < -0.39 is 34.2 Å². The second-order valence-corrected chi connectivity index (χ2v) is 3.31. The fourth-order valence-corrected chi connectivity index (χ4v) is 1.25. The third-order valence-electron chi connectivity index (χ3n) is 2.19. The van der Waals surface area contributed by atoms with Gasteiger partial charge in [-0.25, -0.2) is 0 Å². The topological polar surface area (TPSA) is 115 Å². The lowest BCUT2D eigenvalue weighted by Crippen LogP contribution is -2.03. The Labute approximate surface area is 96.1 Å². The molecule has 0 bridgehead atoms. The Hall–Kier alpha value is -2.50. The van der Waals surface area contributed by atoms with Crippen molar-refractivity contribution in [3.05, 3.63) is 29.0 Å². The fourth-order valence-electron chi connectivity index (χ4n) is 1.25. The number of phenolic OH excluding ortho intramolecular Hbond substituents is 3. The van der Waals surface area contributed by atoms with Crippen LogP contribution in [0.1, 0.15) is 27.6 Å². The predicted molar refractivity (Wildman–Crippen MR) is 57.5 cm³/mol. The lowest BCUT2D eigenvalue weighted by molar-refractivity contribution is 0.102. The molecule has 1 rings (SSSR count). The first-order chi connectivity index (χ1) is 7.93. The molecular weight excluding hydrogens is 228 g/mol. The highest BCUT2D eigenvalue weighted by molar-refractivity contribution is 6.13. The molecule has 1 aromatic carbocycles. The molecule has 0 unspecified atom stereocenters. The molecule has 4 N–H and O–H groups in total. The van der Waals surface area contributed by atoms with Gasteiger partial charge in [0.1, 0.15) is 22.8 Å². The van der Waals surface area contributed by atoms with Crippen LogP contribution in [0.15, 0.2) is 17.9 Å². The van der Waals surface area contributed by atoms with Crippen LogP contribution in [0, 0.1) is 0 Å². The minimum absolute atomic E-state index is 0.141. The number of aliphatic hydroxyl groups excluding tert-OH is 1. The molecule has 17 heavy (non-hydrogen) atoms. The van der Waals surface area contributed by atoms with Gasteiger partial charge in [-0.2, -0.15) is 0 Å². The maximum atomic E-state index is 11.7. The largest absolute Gasteiger partial charge is 0.515 e. The summed E-state index contributed by atoms with van der Waals surface area (Å²) in [6.07, 6.45) is 0.660. The molecule has 0 aliphatic rings. The molecule has 0 amide bonds. The monoisotopic (exact) mass is 238 g/mol. The first-order valence-corrected chi connectivity index (χ1v) is 4.52. The quantitative estimate of drug-likeness (QED) is 0.273. The predicted octanol–water partition coefficient (Wildman–Crippen LogP) is 1.26. The molecule has 0 aliphatic carbocycles. The molecule has 0 saturated heterocycles.